The van der Waals surface area contributed by atoms with Gasteiger partial charge >= 0.3 is 0 Å². The van der Waals surface area contributed by atoms with Gasteiger partial charge in [-0.15, -0.1) is 0 Å². The molecule has 0 aromatic rings. The number of fused-ring (bicyclic) bond motifs is 3. The van der Waals surface area contributed by atoms with Gasteiger partial charge in [-0.1, -0.05) is 27.7 Å². The molecule has 0 amide bonds. The van der Waals surface area contributed by atoms with Gasteiger partial charge in [-0.25, -0.2) is 0 Å². The van der Waals surface area contributed by atoms with Gasteiger partial charge in [0.05, 0.1) is 0 Å². The molecule has 0 N–H and O–H groups in total. The predicted octanol–water partition coefficient (Wildman–Crippen LogP) is 5.23. The highest BCUT2D eigenvalue weighted by atomic mass is 16.1. The fraction of sp³-hybridized carbons (Fsp3) is 0.950. The standard InChI is InChI=1S/C20H32O/c1-13-11-20-10-7-15-18(2,3)9-8-17(21)19(15,4)16(20)6-5-14(13)12-20/h13-16H,5-12H2,1-4H3/t13-,14+,15+,16+,19+,20+/m1/s1. The first-order valence-corrected chi connectivity index (χ1v) is 9.33. The van der Waals surface area contributed by atoms with Gasteiger partial charge in [0.2, 0.25) is 0 Å². The van der Waals surface area contributed by atoms with E-state index in [4.69, 9.17) is 0 Å². The van der Waals surface area contributed by atoms with Crippen molar-refractivity contribution in [3.05, 3.63) is 0 Å². The van der Waals surface area contributed by atoms with Crippen molar-refractivity contribution in [2.24, 2.45) is 39.9 Å². The van der Waals surface area contributed by atoms with Crippen LogP contribution >= 0.6 is 0 Å². The Morgan fingerprint density at radius 1 is 0.952 bits per heavy atom. The molecule has 1 spiro atoms. The quantitative estimate of drug-likeness (QED) is 0.596. The fourth-order valence-corrected chi connectivity index (χ4v) is 7.73. The van der Waals surface area contributed by atoms with E-state index in [1.165, 1.54) is 38.5 Å². The van der Waals surface area contributed by atoms with E-state index < -0.39 is 0 Å². The maximum absolute atomic E-state index is 13.0. The molecule has 4 saturated carbocycles. The van der Waals surface area contributed by atoms with Crippen LogP contribution in [0.3, 0.4) is 0 Å². The van der Waals surface area contributed by atoms with E-state index in [2.05, 4.69) is 27.7 Å². The van der Waals surface area contributed by atoms with Crippen LogP contribution in [0.1, 0.15) is 79.1 Å². The summed E-state index contributed by atoms with van der Waals surface area (Å²) in [7, 11) is 0. The molecule has 0 unspecified atom stereocenters. The second kappa shape index (κ2) is 4.15. The van der Waals surface area contributed by atoms with Crippen molar-refractivity contribution < 1.29 is 4.79 Å². The van der Waals surface area contributed by atoms with Gasteiger partial charge in [0.15, 0.2) is 0 Å². The van der Waals surface area contributed by atoms with Crippen LogP contribution in [-0.4, -0.2) is 5.78 Å². The van der Waals surface area contributed by atoms with Crippen molar-refractivity contribution in [1.82, 2.24) is 0 Å². The molecule has 0 aromatic carbocycles. The van der Waals surface area contributed by atoms with Gasteiger partial charge in [0, 0.05) is 11.8 Å². The second-order valence-electron chi connectivity index (χ2n) is 9.92. The van der Waals surface area contributed by atoms with Gasteiger partial charge in [0.25, 0.3) is 0 Å². The van der Waals surface area contributed by atoms with E-state index in [9.17, 15) is 4.79 Å². The first kappa shape index (κ1) is 14.3. The summed E-state index contributed by atoms with van der Waals surface area (Å²) in [6, 6.07) is 0. The Balaban J connectivity index is 1.78. The zero-order chi connectivity index (χ0) is 15.0. The summed E-state index contributed by atoms with van der Waals surface area (Å²) in [6.45, 7) is 9.73. The maximum Gasteiger partial charge on any atom is 0.139 e. The molecule has 0 aromatic heterocycles. The third-order valence-electron chi connectivity index (χ3n) is 8.69. The zero-order valence-corrected chi connectivity index (χ0v) is 14.4. The Hall–Kier alpha value is -0.330. The lowest BCUT2D eigenvalue weighted by Gasteiger charge is -2.62. The van der Waals surface area contributed by atoms with Gasteiger partial charge in [-0.05, 0) is 79.4 Å². The average molecular weight is 288 g/mol. The van der Waals surface area contributed by atoms with Crippen LogP contribution in [0.15, 0.2) is 0 Å². The SMILES string of the molecule is C[C@@H]1C[C@]23CC[C@H]4C(C)(C)CCC(=O)[C@]4(C)[C@@H]2CC[C@H]1C3. The minimum Gasteiger partial charge on any atom is -0.299 e. The van der Waals surface area contributed by atoms with Gasteiger partial charge < -0.3 is 0 Å². The van der Waals surface area contributed by atoms with Crippen LogP contribution in [0.25, 0.3) is 0 Å². The normalized spacial score (nSPS) is 55.0. The van der Waals surface area contributed by atoms with Crippen LogP contribution in [0.5, 0.6) is 0 Å². The summed E-state index contributed by atoms with van der Waals surface area (Å²) in [4.78, 5) is 13.0. The molecule has 0 radical (unpaired) electrons. The molecule has 0 aliphatic heterocycles. The van der Waals surface area contributed by atoms with E-state index in [0.29, 0.717) is 28.4 Å². The lowest BCUT2D eigenvalue weighted by Crippen LogP contribution is -2.59. The number of carbonyl (C=O) groups is 1. The summed E-state index contributed by atoms with van der Waals surface area (Å²) < 4.78 is 0. The molecule has 1 heteroatoms. The van der Waals surface area contributed by atoms with Crippen LogP contribution in [0.2, 0.25) is 0 Å². The summed E-state index contributed by atoms with van der Waals surface area (Å²) in [5, 5.41) is 0. The van der Waals surface area contributed by atoms with E-state index >= 15 is 0 Å². The van der Waals surface area contributed by atoms with Crippen LogP contribution < -0.4 is 0 Å². The third-order valence-corrected chi connectivity index (χ3v) is 8.69. The third kappa shape index (κ3) is 1.67. The minimum absolute atomic E-state index is 0.00493. The largest absolute Gasteiger partial charge is 0.299 e. The lowest BCUT2D eigenvalue weighted by molar-refractivity contribution is -0.170. The molecule has 4 aliphatic carbocycles. The molecule has 118 valence electrons. The van der Waals surface area contributed by atoms with Crippen molar-refractivity contribution in [2.75, 3.05) is 0 Å². The summed E-state index contributed by atoms with van der Waals surface area (Å²) in [5.41, 5.74) is 0.900. The average Bonchev–Trinajstić information content (AvgIpc) is 2.65. The number of hydrogen-bond acceptors (Lipinski definition) is 1. The van der Waals surface area contributed by atoms with Crippen LogP contribution in [0.4, 0.5) is 0 Å². The Kier molecular flexibility index (Phi) is 2.82. The Morgan fingerprint density at radius 3 is 2.48 bits per heavy atom. The first-order valence-electron chi connectivity index (χ1n) is 9.33. The molecule has 4 rings (SSSR count). The van der Waals surface area contributed by atoms with E-state index in [1.807, 2.05) is 0 Å². The molecule has 4 aliphatic rings. The van der Waals surface area contributed by atoms with Crippen LogP contribution in [-0.2, 0) is 4.79 Å². The topological polar surface area (TPSA) is 17.1 Å². The number of ketones is 1. The number of carbonyl (C=O) groups excluding carboxylic acids is 1. The fourth-order valence-electron chi connectivity index (χ4n) is 7.73. The Labute approximate surface area is 130 Å². The molecule has 4 fully saturated rings. The minimum atomic E-state index is -0.00493. The molecule has 0 saturated heterocycles. The molecule has 2 bridgehead atoms. The van der Waals surface area contributed by atoms with Gasteiger partial charge in [-0.2, -0.15) is 0 Å². The monoisotopic (exact) mass is 288 g/mol. The van der Waals surface area contributed by atoms with Gasteiger partial charge in [0.1, 0.15) is 5.78 Å². The van der Waals surface area contributed by atoms with Crippen molar-refractivity contribution in [3.63, 3.8) is 0 Å². The molecular formula is C20H32O. The summed E-state index contributed by atoms with van der Waals surface area (Å²) in [6.07, 6.45) is 10.3. The molecule has 1 nitrogen and oxygen atoms in total. The molecule has 0 heterocycles. The highest BCUT2D eigenvalue weighted by Crippen LogP contribution is 2.71. The van der Waals surface area contributed by atoms with Crippen molar-refractivity contribution in [2.45, 2.75) is 79.1 Å². The van der Waals surface area contributed by atoms with Crippen molar-refractivity contribution in [3.8, 4) is 0 Å². The number of hydrogen-bond donors (Lipinski definition) is 0. The molecular weight excluding hydrogens is 256 g/mol. The van der Waals surface area contributed by atoms with Crippen molar-refractivity contribution in [1.29, 1.82) is 0 Å². The first-order chi connectivity index (χ1) is 9.80. The smallest absolute Gasteiger partial charge is 0.139 e. The molecule has 21 heavy (non-hydrogen) atoms. The zero-order valence-electron chi connectivity index (χ0n) is 14.4. The number of rotatable bonds is 0. The number of Topliss-reactive ketones (excluding diaryl/α,β-unsaturated/α-hetero) is 1. The molecule has 6 atom stereocenters. The van der Waals surface area contributed by atoms with Gasteiger partial charge in [-0.3, -0.25) is 4.79 Å². The summed E-state index contributed by atoms with van der Waals surface area (Å²) >= 11 is 0. The Morgan fingerprint density at radius 2 is 1.71 bits per heavy atom. The predicted molar refractivity (Wildman–Crippen MR) is 85.9 cm³/mol. The van der Waals surface area contributed by atoms with E-state index in [1.54, 1.807) is 0 Å². The summed E-state index contributed by atoms with van der Waals surface area (Å²) in [5.74, 6) is 3.82. The maximum atomic E-state index is 13.0. The highest BCUT2D eigenvalue weighted by molar-refractivity contribution is 5.86. The lowest BCUT2D eigenvalue weighted by atomic mass is 9.41. The highest BCUT2D eigenvalue weighted by Gasteiger charge is 2.65. The van der Waals surface area contributed by atoms with E-state index in [-0.39, 0.29) is 5.41 Å². The second-order valence-corrected chi connectivity index (χ2v) is 9.92. The van der Waals surface area contributed by atoms with Crippen molar-refractivity contribution >= 4 is 5.78 Å². The van der Waals surface area contributed by atoms with Crippen LogP contribution in [0, 0.1) is 39.9 Å². The van der Waals surface area contributed by atoms with E-state index in [0.717, 1.165) is 24.7 Å². The Bertz CT molecular complexity index is 474.